The molecule has 0 fully saturated rings. The molecule has 0 N–H and O–H groups in total. The molecule has 0 atom stereocenters. The van der Waals surface area contributed by atoms with Gasteiger partial charge in [0, 0.05) is 0 Å². The molecule has 140 valence electrons. The van der Waals surface area contributed by atoms with E-state index < -0.39 is 65.1 Å². The Hall–Kier alpha value is 0.0187. The van der Waals surface area contributed by atoms with E-state index in [1.807, 2.05) is 0 Å². The maximum absolute atomic E-state index is 14.0. The monoisotopic (exact) mass is 476 g/mol. The zero-order valence-electron chi connectivity index (χ0n) is 11.9. The summed E-state index contributed by atoms with van der Waals surface area (Å²) >= 11 is -6.99. The van der Waals surface area contributed by atoms with Crippen LogP contribution in [0, 0.1) is 0 Å². The molecule has 0 saturated carbocycles. The number of rotatable bonds is 8. The molecule has 0 rings (SSSR count). The quantitative estimate of drug-likeness (QED) is 0.373. The molecule has 0 aromatic carbocycles. The fourth-order valence-corrected chi connectivity index (χ4v) is 9.88. The van der Waals surface area contributed by atoms with Crippen molar-refractivity contribution in [1.82, 2.24) is 0 Å². The summed E-state index contributed by atoms with van der Waals surface area (Å²) in [6.07, 6.45) is -18.4. The average molecular weight is 475 g/mol. The Morgan fingerprint density at radius 2 is 0.826 bits per heavy atom. The van der Waals surface area contributed by atoms with Gasteiger partial charge >= 0.3 is 129 Å². The predicted octanol–water partition coefficient (Wildman–Crippen LogP) is 4.76. The van der Waals surface area contributed by atoms with Crippen LogP contribution >= 0.6 is 0 Å². The van der Waals surface area contributed by atoms with Gasteiger partial charge in [0.1, 0.15) is 0 Å². The second kappa shape index (κ2) is 7.50. The molecule has 0 aliphatic rings. The van der Waals surface area contributed by atoms with Crippen molar-refractivity contribution in [1.29, 1.82) is 0 Å². The Bertz CT molecular complexity index is 343. The second-order valence-electron chi connectivity index (χ2n) is 4.66. The van der Waals surface area contributed by atoms with Crippen LogP contribution in [0.3, 0.4) is 0 Å². The van der Waals surface area contributed by atoms with E-state index >= 15 is 0 Å². The minimum absolute atomic E-state index is 0.378. The van der Waals surface area contributed by atoms with E-state index in [9.17, 15) is 43.9 Å². The average Bonchev–Trinajstić information content (AvgIpc) is 2.34. The molecule has 0 aromatic rings. The standard InChI is InChI=1S/2C4H4F5.2CH3O.Sn/c2*5-3(6)1-2-4(7,8)9;2*1-2;/h2*1-2H2;2*1H3;/q;;2*-1;+2. The summed E-state index contributed by atoms with van der Waals surface area (Å²) in [5.74, 6) is 0. The van der Waals surface area contributed by atoms with Gasteiger partial charge in [0.2, 0.25) is 0 Å². The van der Waals surface area contributed by atoms with Crippen LogP contribution < -0.4 is 0 Å². The number of hydrogen-bond donors (Lipinski definition) is 0. The first kappa shape index (κ1) is 23.0. The molecule has 0 saturated heterocycles. The summed E-state index contributed by atoms with van der Waals surface area (Å²) in [5, 5.41) is 0. The topological polar surface area (TPSA) is 18.5 Å². The van der Waals surface area contributed by atoms with E-state index in [2.05, 4.69) is 6.15 Å². The van der Waals surface area contributed by atoms with Crippen LogP contribution in [0.5, 0.6) is 0 Å². The van der Waals surface area contributed by atoms with Gasteiger partial charge in [-0.05, 0) is 0 Å². The molecule has 2 nitrogen and oxygen atoms in total. The van der Waals surface area contributed by atoms with E-state index in [1.165, 1.54) is 0 Å². The number of halogens is 10. The first-order valence-electron chi connectivity index (χ1n) is 6.03. The zero-order chi connectivity index (χ0) is 18.7. The van der Waals surface area contributed by atoms with Crippen molar-refractivity contribution in [3.8, 4) is 0 Å². The van der Waals surface area contributed by atoms with Crippen molar-refractivity contribution < 1.29 is 50.1 Å². The molecule has 0 aliphatic carbocycles. The maximum atomic E-state index is 14.0. The van der Waals surface area contributed by atoms with Crippen molar-refractivity contribution in [2.24, 2.45) is 0 Å². The fourth-order valence-electron chi connectivity index (χ4n) is 1.87. The van der Waals surface area contributed by atoms with Crippen molar-refractivity contribution >= 4 is 19.2 Å². The minimum atomic E-state index is -6.99. The molecular formula is C10H14F10O2Sn. The van der Waals surface area contributed by atoms with Gasteiger partial charge in [-0.15, -0.1) is 0 Å². The summed E-state index contributed by atoms with van der Waals surface area (Å²) in [7, 11) is 0.755. The van der Waals surface area contributed by atoms with Crippen LogP contribution in [-0.4, -0.2) is 53.7 Å². The van der Waals surface area contributed by atoms with Gasteiger partial charge in [-0.2, -0.15) is 0 Å². The molecular weight excluding hydrogens is 461 g/mol. The molecule has 0 radical (unpaired) electrons. The zero-order valence-corrected chi connectivity index (χ0v) is 14.8. The van der Waals surface area contributed by atoms with Gasteiger partial charge in [0.15, 0.2) is 0 Å². The summed E-state index contributed by atoms with van der Waals surface area (Å²) in [6.45, 7) is 0. The van der Waals surface area contributed by atoms with Gasteiger partial charge in [-0.25, -0.2) is 0 Å². The first-order valence-corrected chi connectivity index (χ1v) is 11.2. The molecule has 13 heteroatoms. The van der Waals surface area contributed by atoms with Gasteiger partial charge in [0.25, 0.3) is 0 Å². The summed E-state index contributed by atoms with van der Waals surface area (Å²) in [6, 6.07) is 0. The summed E-state index contributed by atoms with van der Waals surface area (Å²) in [4.78, 5) is 0. The summed E-state index contributed by atoms with van der Waals surface area (Å²) < 4.78 is 127. The van der Waals surface area contributed by atoms with Crippen LogP contribution in [-0.2, 0) is 6.15 Å². The Morgan fingerprint density at radius 3 is 1.00 bits per heavy atom. The van der Waals surface area contributed by atoms with E-state index in [0.717, 1.165) is 0 Å². The molecule has 0 unspecified atom stereocenters. The Morgan fingerprint density at radius 1 is 0.565 bits per heavy atom. The molecule has 0 bridgehead atoms. The van der Waals surface area contributed by atoms with E-state index in [1.54, 1.807) is 0 Å². The van der Waals surface area contributed by atoms with Gasteiger partial charge in [-0.3, -0.25) is 0 Å². The van der Waals surface area contributed by atoms with Crippen LogP contribution in [0.15, 0.2) is 0 Å². The second-order valence-corrected chi connectivity index (χ2v) is 14.7. The normalized spacial score (nSPS) is 15.1. The summed E-state index contributed by atoms with van der Waals surface area (Å²) in [5.41, 5.74) is 0. The van der Waals surface area contributed by atoms with Gasteiger partial charge in [-0.1, -0.05) is 0 Å². The molecule has 0 heterocycles. The van der Waals surface area contributed by atoms with Crippen molar-refractivity contribution in [3.05, 3.63) is 0 Å². The van der Waals surface area contributed by atoms with Gasteiger partial charge < -0.3 is 0 Å². The van der Waals surface area contributed by atoms with E-state index in [-0.39, 0.29) is 0 Å². The van der Waals surface area contributed by atoms with Crippen LogP contribution in [0.2, 0.25) is 0 Å². The molecule has 0 amide bonds. The van der Waals surface area contributed by atoms with Crippen LogP contribution in [0.1, 0.15) is 25.7 Å². The Balaban J connectivity index is 5.52. The third-order valence-electron chi connectivity index (χ3n) is 2.98. The third kappa shape index (κ3) is 6.10. The molecule has 0 spiro atoms. The first-order chi connectivity index (χ1) is 10.0. The number of hydrogen-bond acceptors (Lipinski definition) is 2. The Labute approximate surface area is 130 Å². The van der Waals surface area contributed by atoms with Crippen LogP contribution in [0.4, 0.5) is 43.9 Å². The third-order valence-corrected chi connectivity index (χ3v) is 13.2. The molecule has 0 aromatic heterocycles. The van der Waals surface area contributed by atoms with Crippen LogP contribution in [0.25, 0.3) is 0 Å². The van der Waals surface area contributed by atoms with Gasteiger partial charge in [0.05, 0.1) is 0 Å². The predicted molar refractivity (Wildman–Crippen MR) is 60.2 cm³/mol. The fraction of sp³-hybridized carbons (Fsp3) is 1.00. The van der Waals surface area contributed by atoms with Crippen molar-refractivity contribution in [3.63, 3.8) is 0 Å². The molecule has 0 aliphatic heterocycles. The Kier molecular flexibility index (Phi) is 7.50. The molecule has 23 heavy (non-hydrogen) atoms. The SMILES string of the molecule is C[O][Sn]([O]C)([C](F)(F)CCC(F)(F)F)[C](F)(F)CCC(F)(F)F. The van der Waals surface area contributed by atoms with E-state index in [4.69, 9.17) is 0 Å². The van der Waals surface area contributed by atoms with E-state index in [0.29, 0.717) is 14.2 Å². The van der Waals surface area contributed by atoms with Crippen molar-refractivity contribution in [2.75, 3.05) is 14.2 Å². The number of alkyl halides is 10. The van der Waals surface area contributed by atoms with Crippen molar-refractivity contribution in [2.45, 2.75) is 45.9 Å².